The Balaban J connectivity index is 1.86. The summed E-state index contributed by atoms with van der Waals surface area (Å²) in [5, 5.41) is 0. The van der Waals surface area contributed by atoms with Crippen LogP contribution in [-0.4, -0.2) is 19.8 Å². The highest BCUT2D eigenvalue weighted by molar-refractivity contribution is 4.65. The maximum absolute atomic E-state index is 5.37. The molecule has 0 saturated heterocycles. The summed E-state index contributed by atoms with van der Waals surface area (Å²) in [6.07, 6.45) is 8.27. The molecule has 1 aliphatic rings. The van der Waals surface area contributed by atoms with E-state index in [0.717, 1.165) is 12.5 Å². The van der Waals surface area contributed by atoms with Gasteiger partial charge in [0.25, 0.3) is 0 Å². The first-order valence-corrected chi connectivity index (χ1v) is 5.33. The van der Waals surface area contributed by atoms with Gasteiger partial charge < -0.3 is 9.57 Å². The Morgan fingerprint density at radius 3 is 2.46 bits per heavy atom. The highest BCUT2D eigenvalue weighted by Crippen LogP contribution is 2.25. The lowest BCUT2D eigenvalue weighted by Crippen LogP contribution is -2.12. The van der Waals surface area contributed by atoms with Gasteiger partial charge in [0.1, 0.15) is 0 Å². The van der Waals surface area contributed by atoms with Gasteiger partial charge in [-0.15, -0.1) is 0 Å². The molecule has 0 radical (unpaired) electrons. The summed E-state index contributed by atoms with van der Waals surface area (Å²) >= 11 is 0. The van der Waals surface area contributed by atoms with Crippen molar-refractivity contribution in [2.24, 2.45) is 11.8 Å². The first-order chi connectivity index (χ1) is 6.43. The van der Waals surface area contributed by atoms with Gasteiger partial charge in [0.2, 0.25) is 0 Å². The maximum Gasteiger partial charge on any atom is 0.0913 e. The van der Waals surface area contributed by atoms with Crippen LogP contribution in [0.3, 0.4) is 0 Å². The van der Waals surface area contributed by atoms with E-state index < -0.39 is 0 Å². The largest absolute Gasteiger partial charge is 0.379 e. The average Bonchev–Trinajstić information content (AvgIpc) is 2.19. The normalized spacial score (nSPS) is 19.2. The van der Waals surface area contributed by atoms with Crippen LogP contribution in [0.25, 0.3) is 0 Å². The predicted molar refractivity (Wildman–Crippen MR) is 52.2 cm³/mol. The molecule has 3 nitrogen and oxygen atoms in total. The standard InChI is InChI=1S/C10H21NO2/c11-13-9-8-12-7-6-10-4-2-1-3-5-10/h10H,1-9,11H2. The summed E-state index contributed by atoms with van der Waals surface area (Å²) in [6.45, 7) is 2.00. The Morgan fingerprint density at radius 2 is 1.77 bits per heavy atom. The number of hydrogen-bond acceptors (Lipinski definition) is 3. The number of rotatable bonds is 6. The van der Waals surface area contributed by atoms with E-state index in [2.05, 4.69) is 4.84 Å². The molecule has 0 bridgehead atoms. The Kier molecular flexibility index (Phi) is 6.15. The Hall–Kier alpha value is -0.120. The Morgan fingerprint density at radius 1 is 1.00 bits per heavy atom. The summed E-state index contributed by atoms with van der Waals surface area (Å²) in [6, 6.07) is 0. The van der Waals surface area contributed by atoms with Gasteiger partial charge in [-0.1, -0.05) is 32.1 Å². The minimum Gasteiger partial charge on any atom is -0.379 e. The van der Waals surface area contributed by atoms with Gasteiger partial charge in [-0.2, -0.15) is 0 Å². The minimum absolute atomic E-state index is 0.505. The zero-order valence-electron chi connectivity index (χ0n) is 8.34. The highest BCUT2D eigenvalue weighted by atomic mass is 16.6. The summed E-state index contributed by atoms with van der Waals surface area (Å²) in [7, 11) is 0. The zero-order valence-corrected chi connectivity index (χ0v) is 8.34. The van der Waals surface area contributed by atoms with Crippen LogP contribution in [0.4, 0.5) is 0 Å². The molecular weight excluding hydrogens is 166 g/mol. The van der Waals surface area contributed by atoms with Crippen molar-refractivity contribution >= 4 is 0 Å². The van der Waals surface area contributed by atoms with Crippen molar-refractivity contribution in [3.63, 3.8) is 0 Å². The summed E-state index contributed by atoms with van der Waals surface area (Å²) < 4.78 is 5.37. The van der Waals surface area contributed by atoms with Crippen LogP contribution in [0.2, 0.25) is 0 Å². The molecule has 0 spiro atoms. The van der Waals surface area contributed by atoms with Crippen LogP contribution >= 0.6 is 0 Å². The fraction of sp³-hybridized carbons (Fsp3) is 1.00. The SMILES string of the molecule is NOCCOCCC1CCCCC1. The summed E-state index contributed by atoms with van der Waals surface area (Å²) in [4.78, 5) is 4.41. The van der Waals surface area contributed by atoms with E-state index in [-0.39, 0.29) is 0 Å². The van der Waals surface area contributed by atoms with Gasteiger partial charge >= 0.3 is 0 Å². The molecule has 3 heteroatoms. The topological polar surface area (TPSA) is 44.5 Å². The van der Waals surface area contributed by atoms with Crippen LogP contribution in [0.1, 0.15) is 38.5 Å². The first kappa shape index (κ1) is 11.0. The molecule has 0 heterocycles. The van der Waals surface area contributed by atoms with Crippen LogP contribution in [0.15, 0.2) is 0 Å². The van der Waals surface area contributed by atoms with Crippen LogP contribution in [0.5, 0.6) is 0 Å². The van der Waals surface area contributed by atoms with Crippen molar-refractivity contribution in [3.8, 4) is 0 Å². The monoisotopic (exact) mass is 187 g/mol. The number of nitrogens with two attached hydrogens (primary N) is 1. The maximum atomic E-state index is 5.37. The fourth-order valence-electron chi connectivity index (χ4n) is 1.93. The smallest absolute Gasteiger partial charge is 0.0913 e. The molecule has 0 aromatic carbocycles. The molecule has 0 aliphatic heterocycles. The number of hydrogen-bond donors (Lipinski definition) is 1. The lowest BCUT2D eigenvalue weighted by molar-refractivity contribution is 0.0411. The molecular formula is C10H21NO2. The molecule has 1 aliphatic carbocycles. The van der Waals surface area contributed by atoms with E-state index in [0.29, 0.717) is 13.2 Å². The van der Waals surface area contributed by atoms with E-state index in [1.165, 1.54) is 38.5 Å². The second-order valence-electron chi connectivity index (χ2n) is 3.78. The second-order valence-corrected chi connectivity index (χ2v) is 3.78. The van der Waals surface area contributed by atoms with Gasteiger partial charge in [-0.3, -0.25) is 0 Å². The molecule has 0 amide bonds. The van der Waals surface area contributed by atoms with Crippen molar-refractivity contribution < 1.29 is 9.57 Å². The Bertz CT molecular complexity index is 113. The number of ether oxygens (including phenoxy) is 1. The fourth-order valence-corrected chi connectivity index (χ4v) is 1.93. The lowest BCUT2D eigenvalue weighted by atomic mass is 9.87. The van der Waals surface area contributed by atoms with E-state index >= 15 is 0 Å². The second kappa shape index (κ2) is 7.30. The van der Waals surface area contributed by atoms with Crippen molar-refractivity contribution in [2.75, 3.05) is 19.8 Å². The Labute approximate surface area is 80.5 Å². The quantitative estimate of drug-likeness (QED) is 0.510. The van der Waals surface area contributed by atoms with Gasteiger partial charge in [0.05, 0.1) is 13.2 Å². The van der Waals surface area contributed by atoms with E-state index in [1.54, 1.807) is 0 Å². The van der Waals surface area contributed by atoms with Crippen LogP contribution < -0.4 is 5.90 Å². The molecule has 1 fully saturated rings. The van der Waals surface area contributed by atoms with Crippen LogP contribution in [0, 0.1) is 5.92 Å². The van der Waals surface area contributed by atoms with Gasteiger partial charge in [-0.05, 0) is 12.3 Å². The molecule has 0 atom stereocenters. The average molecular weight is 187 g/mol. The van der Waals surface area contributed by atoms with Gasteiger partial charge in [0, 0.05) is 6.61 Å². The summed E-state index contributed by atoms with van der Waals surface area (Å²) in [5.41, 5.74) is 0. The van der Waals surface area contributed by atoms with E-state index in [1.807, 2.05) is 0 Å². The van der Waals surface area contributed by atoms with E-state index in [4.69, 9.17) is 10.6 Å². The zero-order chi connectivity index (χ0) is 9.36. The van der Waals surface area contributed by atoms with Crippen molar-refractivity contribution in [2.45, 2.75) is 38.5 Å². The molecule has 1 rings (SSSR count). The molecule has 78 valence electrons. The van der Waals surface area contributed by atoms with Crippen molar-refractivity contribution in [3.05, 3.63) is 0 Å². The molecule has 0 aromatic rings. The third-order valence-corrected chi connectivity index (χ3v) is 2.74. The molecule has 0 aromatic heterocycles. The molecule has 2 N–H and O–H groups in total. The predicted octanol–water partition coefficient (Wildman–Crippen LogP) is 1.86. The minimum atomic E-state index is 0.505. The third kappa shape index (κ3) is 5.24. The van der Waals surface area contributed by atoms with Gasteiger partial charge in [0.15, 0.2) is 0 Å². The molecule has 0 unspecified atom stereocenters. The first-order valence-electron chi connectivity index (χ1n) is 5.33. The highest BCUT2D eigenvalue weighted by Gasteiger charge is 2.12. The molecule has 1 saturated carbocycles. The van der Waals surface area contributed by atoms with Crippen LogP contribution in [-0.2, 0) is 9.57 Å². The van der Waals surface area contributed by atoms with Crippen molar-refractivity contribution in [1.82, 2.24) is 0 Å². The lowest BCUT2D eigenvalue weighted by Gasteiger charge is -2.21. The molecule has 13 heavy (non-hydrogen) atoms. The third-order valence-electron chi connectivity index (χ3n) is 2.74. The van der Waals surface area contributed by atoms with E-state index in [9.17, 15) is 0 Å². The van der Waals surface area contributed by atoms with Gasteiger partial charge in [-0.25, -0.2) is 5.90 Å². The van der Waals surface area contributed by atoms with Crippen molar-refractivity contribution in [1.29, 1.82) is 0 Å². The summed E-state index contributed by atoms with van der Waals surface area (Å²) in [5.74, 6) is 5.78.